The highest BCUT2D eigenvalue weighted by molar-refractivity contribution is 7.09. The number of benzene rings is 1. The van der Waals surface area contributed by atoms with Crippen molar-refractivity contribution in [3.8, 4) is 0 Å². The molecule has 0 radical (unpaired) electrons. The number of hydrogen-bond donors (Lipinski definition) is 1. The van der Waals surface area contributed by atoms with E-state index in [1.807, 2.05) is 5.38 Å². The van der Waals surface area contributed by atoms with Crippen LogP contribution in [-0.2, 0) is 6.42 Å². The summed E-state index contributed by atoms with van der Waals surface area (Å²) in [7, 11) is 0. The molecule has 1 N–H and O–H groups in total. The minimum Gasteiger partial charge on any atom is -0.386 e. The number of halogens is 1. The molecule has 0 aliphatic carbocycles. The second kappa shape index (κ2) is 4.51. The van der Waals surface area contributed by atoms with E-state index in [4.69, 9.17) is 0 Å². The quantitative estimate of drug-likeness (QED) is 0.867. The first kappa shape index (κ1) is 10.3. The Morgan fingerprint density at radius 2 is 2.07 bits per heavy atom. The molecule has 2 aromatic rings. The van der Waals surface area contributed by atoms with E-state index in [2.05, 4.69) is 4.98 Å². The Hall–Kier alpha value is -1.26. The average molecular weight is 223 g/mol. The fourth-order valence-corrected chi connectivity index (χ4v) is 1.95. The van der Waals surface area contributed by atoms with Gasteiger partial charge in [0.2, 0.25) is 0 Å². The highest BCUT2D eigenvalue weighted by Crippen LogP contribution is 2.20. The summed E-state index contributed by atoms with van der Waals surface area (Å²) in [5, 5.41) is 12.3. The average Bonchev–Trinajstić information content (AvgIpc) is 2.74. The van der Waals surface area contributed by atoms with Gasteiger partial charge in [-0.1, -0.05) is 12.1 Å². The van der Waals surface area contributed by atoms with E-state index in [1.165, 1.54) is 23.5 Å². The standard InChI is InChI=1S/C11H10FNOS/c12-9-3-1-8(2-4-9)7-10(14)11-13-5-6-15-11/h1-6,10,14H,7H2. The van der Waals surface area contributed by atoms with Gasteiger partial charge >= 0.3 is 0 Å². The van der Waals surface area contributed by atoms with Crippen molar-refractivity contribution in [1.82, 2.24) is 4.98 Å². The predicted molar refractivity (Wildman–Crippen MR) is 57.2 cm³/mol. The number of hydrogen-bond acceptors (Lipinski definition) is 3. The zero-order chi connectivity index (χ0) is 10.7. The first-order valence-electron chi connectivity index (χ1n) is 4.57. The maximum atomic E-state index is 12.6. The number of rotatable bonds is 3. The first-order chi connectivity index (χ1) is 7.25. The van der Waals surface area contributed by atoms with E-state index in [0.717, 1.165) is 5.56 Å². The van der Waals surface area contributed by atoms with Crippen molar-refractivity contribution in [1.29, 1.82) is 0 Å². The zero-order valence-electron chi connectivity index (χ0n) is 7.93. The number of nitrogens with zero attached hydrogens (tertiary/aromatic N) is 1. The lowest BCUT2D eigenvalue weighted by molar-refractivity contribution is 0.178. The van der Waals surface area contributed by atoms with E-state index in [-0.39, 0.29) is 5.82 Å². The Morgan fingerprint density at radius 1 is 1.33 bits per heavy atom. The topological polar surface area (TPSA) is 33.1 Å². The normalized spacial score (nSPS) is 12.7. The van der Waals surface area contributed by atoms with Gasteiger partial charge in [0.15, 0.2) is 0 Å². The third-order valence-electron chi connectivity index (χ3n) is 2.08. The SMILES string of the molecule is OC(Cc1ccc(F)cc1)c1nccs1. The minimum atomic E-state index is -0.601. The summed E-state index contributed by atoms with van der Waals surface area (Å²) in [6, 6.07) is 6.13. The number of aliphatic hydroxyl groups is 1. The highest BCUT2D eigenvalue weighted by Gasteiger charge is 2.10. The lowest BCUT2D eigenvalue weighted by Crippen LogP contribution is -2.00. The van der Waals surface area contributed by atoms with Crippen LogP contribution in [0.5, 0.6) is 0 Å². The zero-order valence-corrected chi connectivity index (χ0v) is 8.75. The van der Waals surface area contributed by atoms with Crippen LogP contribution in [0.1, 0.15) is 16.7 Å². The van der Waals surface area contributed by atoms with Crippen molar-refractivity contribution in [3.63, 3.8) is 0 Å². The van der Waals surface area contributed by atoms with Gasteiger partial charge in [-0.2, -0.15) is 0 Å². The van der Waals surface area contributed by atoms with Crippen molar-refractivity contribution < 1.29 is 9.50 Å². The van der Waals surface area contributed by atoms with Crippen LogP contribution in [0.4, 0.5) is 4.39 Å². The van der Waals surface area contributed by atoms with Crippen LogP contribution in [0.25, 0.3) is 0 Å². The largest absolute Gasteiger partial charge is 0.386 e. The maximum Gasteiger partial charge on any atom is 0.123 e. The summed E-state index contributed by atoms with van der Waals surface area (Å²) in [6.45, 7) is 0. The molecule has 1 atom stereocenters. The second-order valence-corrected chi connectivity index (χ2v) is 4.14. The van der Waals surface area contributed by atoms with E-state index in [1.54, 1.807) is 18.3 Å². The summed E-state index contributed by atoms with van der Waals surface area (Å²) in [6.07, 6.45) is 1.53. The Balaban J connectivity index is 2.06. The molecule has 2 nitrogen and oxygen atoms in total. The van der Waals surface area contributed by atoms with E-state index >= 15 is 0 Å². The van der Waals surface area contributed by atoms with Crippen molar-refractivity contribution in [3.05, 3.63) is 52.2 Å². The summed E-state index contributed by atoms with van der Waals surface area (Å²) in [5.41, 5.74) is 0.902. The molecule has 1 aromatic carbocycles. The second-order valence-electron chi connectivity index (χ2n) is 3.22. The maximum absolute atomic E-state index is 12.6. The smallest absolute Gasteiger partial charge is 0.123 e. The van der Waals surface area contributed by atoms with Gasteiger partial charge in [-0.3, -0.25) is 0 Å². The molecule has 1 unspecified atom stereocenters. The molecule has 0 aliphatic heterocycles. The van der Waals surface area contributed by atoms with Gasteiger partial charge in [-0.25, -0.2) is 9.37 Å². The Bertz CT molecular complexity index is 413. The summed E-state index contributed by atoms with van der Waals surface area (Å²) in [4.78, 5) is 4.02. The molecular weight excluding hydrogens is 213 g/mol. The van der Waals surface area contributed by atoms with Crippen molar-refractivity contribution in [2.45, 2.75) is 12.5 Å². The molecule has 4 heteroatoms. The third-order valence-corrected chi connectivity index (χ3v) is 2.96. The molecule has 0 fully saturated rings. The van der Waals surface area contributed by atoms with E-state index in [0.29, 0.717) is 11.4 Å². The molecule has 2 rings (SSSR count). The summed E-state index contributed by atoms with van der Waals surface area (Å²) >= 11 is 1.42. The van der Waals surface area contributed by atoms with Crippen LogP contribution in [0, 0.1) is 5.82 Å². The van der Waals surface area contributed by atoms with E-state index < -0.39 is 6.10 Å². The van der Waals surface area contributed by atoms with E-state index in [9.17, 15) is 9.50 Å². The fraction of sp³-hybridized carbons (Fsp3) is 0.182. The highest BCUT2D eigenvalue weighted by atomic mass is 32.1. The van der Waals surface area contributed by atoms with Crippen molar-refractivity contribution in [2.75, 3.05) is 0 Å². The predicted octanol–water partition coefficient (Wildman–Crippen LogP) is 2.56. The molecule has 15 heavy (non-hydrogen) atoms. The fourth-order valence-electron chi connectivity index (χ4n) is 1.33. The third kappa shape index (κ3) is 2.61. The van der Waals surface area contributed by atoms with Crippen molar-refractivity contribution >= 4 is 11.3 Å². The Labute approximate surface area is 91.0 Å². The van der Waals surface area contributed by atoms with Crippen LogP contribution in [0.3, 0.4) is 0 Å². The first-order valence-corrected chi connectivity index (χ1v) is 5.45. The molecule has 0 spiro atoms. The van der Waals surface area contributed by atoms with Gasteiger partial charge < -0.3 is 5.11 Å². The number of aliphatic hydroxyl groups excluding tert-OH is 1. The molecule has 0 bridgehead atoms. The summed E-state index contributed by atoms with van der Waals surface area (Å²) < 4.78 is 12.6. The van der Waals surface area contributed by atoms with Crippen molar-refractivity contribution in [2.24, 2.45) is 0 Å². The molecule has 0 amide bonds. The lowest BCUT2D eigenvalue weighted by atomic mass is 10.1. The van der Waals surface area contributed by atoms with Gasteiger partial charge in [0.1, 0.15) is 16.9 Å². The molecule has 1 heterocycles. The van der Waals surface area contributed by atoms with Crippen LogP contribution in [-0.4, -0.2) is 10.1 Å². The van der Waals surface area contributed by atoms with Crippen LogP contribution in [0.2, 0.25) is 0 Å². The van der Waals surface area contributed by atoms with Crippen LogP contribution >= 0.6 is 11.3 Å². The van der Waals surface area contributed by atoms with Crippen LogP contribution < -0.4 is 0 Å². The minimum absolute atomic E-state index is 0.262. The molecule has 78 valence electrons. The van der Waals surface area contributed by atoms with Gasteiger partial charge in [0.05, 0.1) is 0 Å². The Kier molecular flexibility index (Phi) is 3.08. The number of thiazole rings is 1. The molecule has 0 saturated heterocycles. The molecule has 1 aromatic heterocycles. The van der Waals surface area contributed by atoms with Crippen LogP contribution in [0.15, 0.2) is 35.8 Å². The van der Waals surface area contributed by atoms with Gasteiger partial charge in [0, 0.05) is 18.0 Å². The number of aromatic nitrogens is 1. The molecule has 0 saturated carbocycles. The molecule has 0 aliphatic rings. The lowest BCUT2D eigenvalue weighted by Gasteiger charge is -2.06. The Morgan fingerprint density at radius 3 is 2.67 bits per heavy atom. The van der Waals surface area contributed by atoms with Gasteiger partial charge in [0.25, 0.3) is 0 Å². The molecular formula is C11H10FNOS. The van der Waals surface area contributed by atoms with Gasteiger partial charge in [-0.15, -0.1) is 11.3 Å². The van der Waals surface area contributed by atoms with Gasteiger partial charge in [-0.05, 0) is 17.7 Å². The monoisotopic (exact) mass is 223 g/mol. The summed E-state index contributed by atoms with van der Waals surface area (Å²) in [5.74, 6) is -0.262.